The molecule has 1 rings (SSSR count). The summed E-state index contributed by atoms with van der Waals surface area (Å²) < 4.78 is 51.8. The van der Waals surface area contributed by atoms with Crippen molar-refractivity contribution in [1.82, 2.24) is 4.72 Å². The van der Waals surface area contributed by atoms with E-state index in [0.717, 1.165) is 6.07 Å². The number of halogens is 2. The number of sulfonamides is 1. The topological polar surface area (TPSA) is 72.2 Å². The van der Waals surface area contributed by atoms with Gasteiger partial charge in [0.1, 0.15) is 11.6 Å². The van der Waals surface area contributed by atoms with Gasteiger partial charge in [-0.05, 0) is 30.5 Å². The molecule has 0 radical (unpaired) electrons. The largest absolute Gasteiger partial charge is 0.329 e. The molecule has 1 atom stereocenters. The lowest BCUT2D eigenvalue weighted by atomic mass is 10.1. The van der Waals surface area contributed by atoms with Crippen molar-refractivity contribution in [3.05, 3.63) is 35.4 Å². The Bertz CT molecular complexity index is 496. The maximum Gasteiger partial charge on any atom is 0.215 e. The maximum atomic E-state index is 12.9. The van der Waals surface area contributed by atoms with Gasteiger partial charge in [0.15, 0.2) is 0 Å². The second-order valence-electron chi connectivity index (χ2n) is 4.23. The fraction of sp³-hybridized carbons (Fsp3) is 0.500. The van der Waals surface area contributed by atoms with Crippen molar-refractivity contribution in [3.63, 3.8) is 0 Å². The Morgan fingerprint density at radius 1 is 1.26 bits per heavy atom. The van der Waals surface area contributed by atoms with Crippen LogP contribution in [0.3, 0.4) is 0 Å². The Morgan fingerprint density at radius 2 is 1.84 bits per heavy atom. The summed E-state index contributed by atoms with van der Waals surface area (Å²) in [6.07, 6.45) is 0.634. The molecule has 0 saturated heterocycles. The third-order valence-electron chi connectivity index (χ3n) is 2.80. The lowest BCUT2D eigenvalue weighted by Crippen LogP contribution is -2.39. The second-order valence-corrected chi connectivity index (χ2v) is 6.28. The minimum Gasteiger partial charge on any atom is -0.329 e. The van der Waals surface area contributed by atoms with E-state index >= 15 is 0 Å². The Balaban J connectivity index is 2.59. The lowest BCUT2D eigenvalue weighted by Gasteiger charge is -2.14. The molecule has 0 aromatic heterocycles. The summed E-state index contributed by atoms with van der Waals surface area (Å²) in [5, 5.41) is -0.642. The first-order valence-electron chi connectivity index (χ1n) is 6.02. The summed E-state index contributed by atoms with van der Waals surface area (Å²) in [5.41, 5.74) is 5.78. The first kappa shape index (κ1) is 16.0. The molecule has 0 aliphatic rings. The molecule has 0 aliphatic carbocycles. The number of nitrogens with one attached hydrogen (secondary N) is 1. The number of nitrogens with two attached hydrogens (primary N) is 1. The summed E-state index contributed by atoms with van der Waals surface area (Å²) in [6, 6.07) is 3.13. The molecule has 4 nitrogen and oxygen atoms in total. The Kier molecular flexibility index (Phi) is 5.84. The van der Waals surface area contributed by atoms with Crippen LogP contribution in [0.25, 0.3) is 0 Å². The highest BCUT2D eigenvalue weighted by molar-refractivity contribution is 7.90. The summed E-state index contributed by atoms with van der Waals surface area (Å²) in [4.78, 5) is 0. The standard InChI is InChI=1S/C12H18F2N2O2S/c1-2-12(8-15)19(17,18)16-4-3-9-5-10(13)7-11(14)6-9/h5-7,12,16H,2-4,8,15H2,1H3. The lowest BCUT2D eigenvalue weighted by molar-refractivity contribution is 0.560. The number of hydrogen-bond donors (Lipinski definition) is 2. The van der Waals surface area contributed by atoms with E-state index in [-0.39, 0.29) is 19.5 Å². The van der Waals surface area contributed by atoms with E-state index in [2.05, 4.69) is 4.72 Å². The third kappa shape index (κ3) is 4.85. The second kappa shape index (κ2) is 6.93. The first-order chi connectivity index (χ1) is 8.89. The van der Waals surface area contributed by atoms with Gasteiger partial charge in [0.05, 0.1) is 5.25 Å². The van der Waals surface area contributed by atoms with E-state index in [1.165, 1.54) is 12.1 Å². The van der Waals surface area contributed by atoms with E-state index in [0.29, 0.717) is 12.0 Å². The smallest absolute Gasteiger partial charge is 0.215 e. The van der Waals surface area contributed by atoms with Gasteiger partial charge in [-0.3, -0.25) is 0 Å². The molecule has 7 heteroatoms. The molecule has 0 saturated carbocycles. The molecule has 0 heterocycles. The molecule has 0 fully saturated rings. The monoisotopic (exact) mass is 292 g/mol. The van der Waals surface area contributed by atoms with Crippen LogP contribution in [-0.4, -0.2) is 26.8 Å². The van der Waals surface area contributed by atoms with Crippen LogP contribution < -0.4 is 10.5 Å². The Labute approximate surface area is 112 Å². The Morgan fingerprint density at radius 3 is 2.32 bits per heavy atom. The first-order valence-corrected chi connectivity index (χ1v) is 7.57. The SMILES string of the molecule is CCC(CN)S(=O)(=O)NCCc1cc(F)cc(F)c1. The van der Waals surface area contributed by atoms with Gasteiger partial charge in [-0.25, -0.2) is 21.9 Å². The molecular weight excluding hydrogens is 274 g/mol. The van der Waals surface area contributed by atoms with Gasteiger partial charge in [0, 0.05) is 19.2 Å². The minimum atomic E-state index is -3.48. The van der Waals surface area contributed by atoms with Crippen LogP contribution in [0.4, 0.5) is 8.78 Å². The fourth-order valence-corrected chi connectivity index (χ4v) is 3.04. The molecule has 0 spiro atoms. The molecule has 19 heavy (non-hydrogen) atoms. The maximum absolute atomic E-state index is 12.9. The van der Waals surface area contributed by atoms with Crippen molar-refractivity contribution in [2.45, 2.75) is 25.0 Å². The van der Waals surface area contributed by atoms with Gasteiger partial charge in [0.25, 0.3) is 0 Å². The van der Waals surface area contributed by atoms with Gasteiger partial charge in [-0.2, -0.15) is 0 Å². The summed E-state index contributed by atoms with van der Waals surface area (Å²) >= 11 is 0. The molecule has 1 unspecified atom stereocenters. The molecular formula is C12H18F2N2O2S. The van der Waals surface area contributed by atoms with Gasteiger partial charge in [0.2, 0.25) is 10.0 Å². The highest BCUT2D eigenvalue weighted by atomic mass is 32.2. The van der Waals surface area contributed by atoms with Crippen molar-refractivity contribution in [1.29, 1.82) is 0 Å². The summed E-state index contributed by atoms with van der Waals surface area (Å²) in [6.45, 7) is 1.86. The van der Waals surface area contributed by atoms with Crippen molar-refractivity contribution in [3.8, 4) is 0 Å². The van der Waals surface area contributed by atoms with Crippen LogP contribution in [0.2, 0.25) is 0 Å². The van der Waals surface area contributed by atoms with Crippen molar-refractivity contribution in [2.75, 3.05) is 13.1 Å². The van der Waals surface area contributed by atoms with E-state index < -0.39 is 26.9 Å². The molecule has 1 aromatic rings. The van der Waals surface area contributed by atoms with Crippen LogP contribution in [-0.2, 0) is 16.4 Å². The van der Waals surface area contributed by atoms with E-state index in [9.17, 15) is 17.2 Å². The minimum absolute atomic E-state index is 0.0421. The fourth-order valence-electron chi connectivity index (χ4n) is 1.72. The average molecular weight is 292 g/mol. The quantitative estimate of drug-likeness (QED) is 0.792. The number of hydrogen-bond acceptors (Lipinski definition) is 3. The van der Waals surface area contributed by atoms with Crippen LogP contribution >= 0.6 is 0 Å². The predicted molar refractivity (Wildman–Crippen MR) is 70.1 cm³/mol. The van der Waals surface area contributed by atoms with Crippen molar-refractivity contribution < 1.29 is 17.2 Å². The predicted octanol–water partition coefficient (Wildman–Crippen LogP) is 1.16. The van der Waals surface area contributed by atoms with Crippen LogP contribution in [0, 0.1) is 11.6 Å². The molecule has 0 amide bonds. The van der Waals surface area contributed by atoms with Crippen LogP contribution in [0.15, 0.2) is 18.2 Å². The summed E-state index contributed by atoms with van der Waals surface area (Å²) in [7, 11) is -3.48. The molecule has 0 aliphatic heterocycles. The Hall–Kier alpha value is -1.05. The average Bonchev–Trinajstić information content (AvgIpc) is 2.28. The zero-order valence-electron chi connectivity index (χ0n) is 10.7. The molecule has 3 N–H and O–H groups in total. The third-order valence-corrected chi connectivity index (χ3v) is 4.81. The van der Waals surface area contributed by atoms with Crippen LogP contribution in [0.5, 0.6) is 0 Å². The van der Waals surface area contributed by atoms with Gasteiger partial charge in [-0.15, -0.1) is 0 Å². The van der Waals surface area contributed by atoms with E-state index in [1.807, 2.05) is 0 Å². The van der Waals surface area contributed by atoms with E-state index in [4.69, 9.17) is 5.73 Å². The zero-order chi connectivity index (χ0) is 14.5. The highest BCUT2D eigenvalue weighted by Gasteiger charge is 2.21. The van der Waals surface area contributed by atoms with Crippen molar-refractivity contribution >= 4 is 10.0 Å². The summed E-state index contributed by atoms with van der Waals surface area (Å²) in [5.74, 6) is -1.35. The molecule has 1 aromatic carbocycles. The van der Waals surface area contributed by atoms with E-state index in [1.54, 1.807) is 6.92 Å². The van der Waals surface area contributed by atoms with Crippen molar-refractivity contribution in [2.24, 2.45) is 5.73 Å². The molecule has 0 bridgehead atoms. The number of rotatable bonds is 7. The zero-order valence-corrected chi connectivity index (χ0v) is 11.5. The normalized spacial score (nSPS) is 13.5. The van der Waals surface area contributed by atoms with Crippen LogP contribution in [0.1, 0.15) is 18.9 Å². The van der Waals surface area contributed by atoms with Gasteiger partial charge >= 0.3 is 0 Å². The highest BCUT2D eigenvalue weighted by Crippen LogP contribution is 2.09. The number of benzene rings is 1. The van der Waals surface area contributed by atoms with Gasteiger partial charge < -0.3 is 5.73 Å². The molecule has 108 valence electrons. The van der Waals surface area contributed by atoms with Gasteiger partial charge in [-0.1, -0.05) is 6.92 Å².